The fraction of sp³-hybridized carbons (Fsp3) is 0.357. The molecule has 5 nitrogen and oxygen atoms in total. The van der Waals surface area contributed by atoms with Crippen LogP contribution in [-0.2, 0) is 0 Å². The van der Waals surface area contributed by atoms with E-state index in [1.165, 1.54) is 19.2 Å². The number of H-pyrrole nitrogens is 1. The van der Waals surface area contributed by atoms with Gasteiger partial charge in [-0.3, -0.25) is 14.4 Å². The fourth-order valence-corrected chi connectivity index (χ4v) is 1.85. The summed E-state index contributed by atoms with van der Waals surface area (Å²) in [7, 11) is 0. The Bertz CT molecular complexity index is 729. The molecular weight excluding hydrogens is 244 g/mol. The Kier molecular flexibility index (Phi) is 2.92. The molecule has 0 aromatic carbocycles. The molecule has 0 unspecified atom stereocenters. The van der Waals surface area contributed by atoms with E-state index >= 15 is 0 Å². The lowest BCUT2D eigenvalue weighted by molar-refractivity contribution is 0.0853. The number of aromatic amines is 1. The van der Waals surface area contributed by atoms with Gasteiger partial charge in [0.05, 0.1) is 5.56 Å². The Morgan fingerprint density at radius 3 is 2.37 bits per heavy atom. The van der Waals surface area contributed by atoms with E-state index in [2.05, 4.69) is 4.98 Å². The third kappa shape index (κ3) is 2.36. The van der Waals surface area contributed by atoms with Gasteiger partial charge in [0, 0.05) is 23.9 Å². The molecule has 0 aliphatic rings. The fourth-order valence-electron chi connectivity index (χ4n) is 1.85. The topological polar surface area (TPSA) is 71.4 Å². The Morgan fingerprint density at radius 2 is 1.84 bits per heavy atom. The molecule has 0 aliphatic heterocycles. The molecular formula is C14H16N2O3. The highest BCUT2D eigenvalue weighted by molar-refractivity contribution is 5.99. The van der Waals surface area contributed by atoms with Crippen molar-refractivity contribution in [1.82, 2.24) is 9.38 Å². The van der Waals surface area contributed by atoms with Crippen LogP contribution < -0.4 is 5.43 Å². The molecule has 0 radical (unpaired) electrons. The van der Waals surface area contributed by atoms with Crippen LogP contribution in [0.3, 0.4) is 0 Å². The normalized spacial score (nSPS) is 11.8. The number of ketones is 2. The zero-order valence-corrected chi connectivity index (χ0v) is 11.4. The zero-order valence-electron chi connectivity index (χ0n) is 11.4. The molecule has 0 amide bonds. The molecule has 0 aliphatic carbocycles. The van der Waals surface area contributed by atoms with Gasteiger partial charge in [0.25, 0.3) is 0 Å². The van der Waals surface area contributed by atoms with Crippen molar-refractivity contribution in [2.75, 3.05) is 0 Å². The van der Waals surface area contributed by atoms with E-state index in [1.807, 2.05) is 20.8 Å². The summed E-state index contributed by atoms with van der Waals surface area (Å²) in [6.07, 6.45) is 3.06. The first-order valence-electron chi connectivity index (χ1n) is 6.01. The van der Waals surface area contributed by atoms with Gasteiger partial charge < -0.3 is 9.38 Å². The van der Waals surface area contributed by atoms with E-state index in [-0.39, 0.29) is 22.6 Å². The van der Waals surface area contributed by atoms with E-state index in [9.17, 15) is 14.4 Å². The van der Waals surface area contributed by atoms with Crippen LogP contribution in [-0.4, -0.2) is 21.0 Å². The summed E-state index contributed by atoms with van der Waals surface area (Å²) in [5.41, 5.74) is 0.191. The second kappa shape index (κ2) is 4.19. The number of nitrogens with zero attached hydrogens (tertiary/aromatic N) is 1. The maximum atomic E-state index is 12.1. The van der Waals surface area contributed by atoms with Crippen LogP contribution in [0.1, 0.15) is 48.5 Å². The number of aromatic nitrogens is 2. The summed E-state index contributed by atoms with van der Waals surface area (Å²) < 4.78 is 1.59. The molecule has 0 saturated carbocycles. The van der Waals surface area contributed by atoms with E-state index < -0.39 is 5.41 Å². The molecule has 0 spiro atoms. The highest BCUT2D eigenvalue weighted by Gasteiger charge is 2.24. The standard InChI is InChI=1S/C14H16N2O3/c1-8(17)9-6-16-7-10(13(19)14(2,3)4)15-12(16)5-11(9)18/h5-7,15H,1-4H3. The van der Waals surface area contributed by atoms with Crippen molar-refractivity contribution in [2.45, 2.75) is 27.7 Å². The van der Waals surface area contributed by atoms with E-state index in [4.69, 9.17) is 0 Å². The van der Waals surface area contributed by atoms with Crippen LogP contribution in [0, 0.1) is 5.41 Å². The van der Waals surface area contributed by atoms with Gasteiger partial charge in [-0.15, -0.1) is 0 Å². The molecule has 2 aromatic rings. The average molecular weight is 260 g/mol. The largest absolute Gasteiger partial charge is 0.337 e. The number of fused-ring (bicyclic) bond motifs is 1. The Hall–Kier alpha value is -2.17. The first kappa shape index (κ1) is 13.3. The molecule has 5 heteroatoms. The maximum absolute atomic E-state index is 12.1. The monoisotopic (exact) mass is 260 g/mol. The number of pyridine rings is 1. The van der Waals surface area contributed by atoms with Crippen LogP contribution in [0.5, 0.6) is 0 Å². The van der Waals surface area contributed by atoms with Crippen LogP contribution in [0.25, 0.3) is 5.65 Å². The molecule has 0 atom stereocenters. The van der Waals surface area contributed by atoms with E-state index in [0.717, 1.165) is 0 Å². The Labute approximate surface area is 110 Å². The average Bonchev–Trinajstić information content (AvgIpc) is 2.67. The predicted octanol–water partition coefficient (Wildman–Crippen LogP) is 2.06. The maximum Gasteiger partial charge on any atom is 0.194 e. The number of imidazole rings is 1. The van der Waals surface area contributed by atoms with Crippen molar-refractivity contribution in [3.63, 3.8) is 0 Å². The smallest absolute Gasteiger partial charge is 0.194 e. The van der Waals surface area contributed by atoms with Gasteiger partial charge >= 0.3 is 0 Å². The van der Waals surface area contributed by atoms with Crippen molar-refractivity contribution in [1.29, 1.82) is 0 Å². The van der Waals surface area contributed by atoms with Crippen molar-refractivity contribution in [3.8, 4) is 0 Å². The first-order valence-corrected chi connectivity index (χ1v) is 6.01. The molecule has 2 rings (SSSR count). The number of carbonyl (C=O) groups excluding carboxylic acids is 2. The summed E-state index contributed by atoms with van der Waals surface area (Å²) in [4.78, 5) is 38.1. The Morgan fingerprint density at radius 1 is 1.21 bits per heavy atom. The molecule has 2 aromatic heterocycles. The Balaban J connectivity index is 2.62. The molecule has 2 heterocycles. The quantitative estimate of drug-likeness (QED) is 0.840. The number of hydrogen-bond donors (Lipinski definition) is 1. The van der Waals surface area contributed by atoms with Gasteiger partial charge in [-0.25, -0.2) is 0 Å². The van der Waals surface area contributed by atoms with Gasteiger partial charge in [0.1, 0.15) is 11.3 Å². The van der Waals surface area contributed by atoms with Gasteiger partial charge in [-0.1, -0.05) is 20.8 Å². The minimum Gasteiger partial charge on any atom is -0.337 e. The third-order valence-corrected chi connectivity index (χ3v) is 2.92. The lowest BCUT2D eigenvalue weighted by Crippen LogP contribution is -2.20. The van der Waals surface area contributed by atoms with Crippen molar-refractivity contribution < 1.29 is 9.59 Å². The molecule has 1 N–H and O–H groups in total. The molecule has 19 heavy (non-hydrogen) atoms. The number of nitrogens with one attached hydrogen (secondary N) is 1. The van der Waals surface area contributed by atoms with Gasteiger partial charge in [0.15, 0.2) is 17.0 Å². The lowest BCUT2D eigenvalue weighted by atomic mass is 9.89. The van der Waals surface area contributed by atoms with Crippen LogP contribution in [0.4, 0.5) is 0 Å². The lowest BCUT2D eigenvalue weighted by Gasteiger charge is -2.14. The molecule has 100 valence electrons. The zero-order chi connectivity index (χ0) is 14.4. The first-order chi connectivity index (χ1) is 8.70. The van der Waals surface area contributed by atoms with Crippen molar-refractivity contribution in [3.05, 3.63) is 39.9 Å². The molecule has 0 bridgehead atoms. The summed E-state index contributed by atoms with van der Waals surface area (Å²) in [5, 5.41) is 0. The van der Waals surface area contributed by atoms with E-state index in [0.29, 0.717) is 11.3 Å². The number of rotatable bonds is 2. The van der Waals surface area contributed by atoms with Gasteiger partial charge in [0.2, 0.25) is 0 Å². The summed E-state index contributed by atoms with van der Waals surface area (Å²) in [6.45, 7) is 6.82. The van der Waals surface area contributed by atoms with Crippen molar-refractivity contribution in [2.24, 2.45) is 5.41 Å². The van der Waals surface area contributed by atoms with Gasteiger partial charge in [-0.2, -0.15) is 0 Å². The minimum atomic E-state index is -0.509. The third-order valence-electron chi connectivity index (χ3n) is 2.92. The second-order valence-electron chi connectivity index (χ2n) is 5.65. The summed E-state index contributed by atoms with van der Waals surface area (Å²) in [6, 6.07) is 1.33. The molecule has 0 saturated heterocycles. The number of carbonyl (C=O) groups is 2. The minimum absolute atomic E-state index is 0.0481. The van der Waals surface area contributed by atoms with Crippen LogP contribution in [0.15, 0.2) is 23.3 Å². The number of hydrogen-bond acceptors (Lipinski definition) is 3. The van der Waals surface area contributed by atoms with Crippen LogP contribution in [0.2, 0.25) is 0 Å². The van der Waals surface area contributed by atoms with E-state index in [1.54, 1.807) is 10.6 Å². The summed E-state index contributed by atoms with van der Waals surface area (Å²) in [5.74, 6) is -0.336. The predicted molar refractivity (Wildman–Crippen MR) is 71.8 cm³/mol. The van der Waals surface area contributed by atoms with Gasteiger partial charge in [-0.05, 0) is 6.92 Å². The highest BCUT2D eigenvalue weighted by atomic mass is 16.1. The SMILES string of the molecule is CC(=O)c1cn2cc(C(=O)C(C)(C)C)[nH]c2cc1=O. The van der Waals surface area contributed by atoms with Crippen LogP contribution >= 0.6 is 0 Å². The van der Waals surface area contributed by atoms with Crippen molar-refractivity contribution >= 4 is 17.2 Å². The molecule has 0 fully saturated rings. The second-order valence-corrected chi connectivity index (χ2v) is 5.65. The summed E-state index contributed by atoms with van der Waals surface area (Å²) >= 11 is 0. The number of Topliss-reactive ketones (excluding diaryl/α,β-unsaturated/α-hetero) is 2. The highest BCUT2D eigenvalue weighted by Crippen LogP contribution is 2.20.